The molecule has 10 atom stereocenters. The summed E-state index contributed by atoms with van der Waals surface area (Å²) in [6, 6.07) is 0. The number of rotatable bonds is 4. The fourth-order valence-electron chi connectivity index (χ4n) is 8.40. The molecule has 3 N–H and O–H groups in total. The van der Waals surface area contributed by atoms with Crippen molar-refractivity contribution in [2.24, 2.45) is 46.3 Å². The molecule has 0 spiro atoms. The third kappa shape index (κ3) is 3.18. The number of ketones is 1. The largest absolute Gasteiger partial charge is 0.481 e. The van der Waals surface area contributed by atoms with Crippen LogP contribution in [0, 0.1) is 46.3 Å². The van der Waals surface area contributed by atoms with Crippen molar-refractivity contribution in [3.63, 3.8) is 0 Å². The Labute approximate surface area is 174 Å². The summed E-state index contributed by atoms with van der Waals surface area (Å²) < 4.78 is 0. The van der Waals surface area contributed by atoms with Crippen LogP contribution in [0.4, 0.5) is 0 Å². The van der Waals surface area contributed by atoms with Crippen LogP contribution in [0.1, 0.15) is 78.6 Å². The second-order valence-corrected chi connectivity index (χ2v) is 11.3. The third-order valence-corrected chi connectivity index (χ3v) is 10.1. The lowest BCUT2D eigenvalue weighted by molar-refractivity contribution is -0.182. The zero-order valence-electron chi connectivity index (χ0n) is 18.1. The Balaban J connectivity index is 1.62. The van der Waals surface area contributed by atoms with Gasteiger partial charge in [-0.15, -0.1) is 0 Å². The minimum atomic E-state index is -0.762. The smallest absolute Gasteiger partial charge is 0.303 e. The number of aliphatic carboxylic acids is 1. The Hall–Kier alpha value is -0.940. The van der Waals surface area contributed by atoms with E-state index < -0.39 is 12.1 Å². The van der Waals surface area contributed by atoms with Crippen LogP contribution in [0.2, 0.25) is 0 Å². The third-order valence-electron chi connectivity index (χ3n) is 10.1. The van der Waals surface area contributed by atoms with E-state index in [-0.39, 0.29) is 58.9 Å². The quantitative estimate of drug-likeness (QED) is 0.662. The first kappa shape index (κ1) is 21.3. The first-order chi connectivity index (χ1) is 13.6. The highest BCUT2D eigenvalue weighted by Crippen LogP contribution is 2.67. The highest BCUT2D eigenvalue weighted by molar-refractivity contribution is 5.83. The van der Waals surface area contributed by atoms with Crippen molar-refractivity contribution in [3.05, 3.63) is 0 Å². The molecule has 5 nitrogen and oxygen atoms in total. The highest BCUT2D eigenvalue weighted by Gasteiger charge is 2.65. The average molecular weight is 407 g/mol. The van der Waals surface area contributed by atoms with Gasteiger partial charge in [-0.3, -0.25) is 9.59 Å². The van der Waals surface area contributed by atoms with Gasteiger partial charge in [0.05, 0.1) is 12.2 Å². The molecule has 0 saturated heterocycles. The molecule has 0 aromatic heterocycles. The van der Waals surface area contributed by atoms with Gasteiger partial charge in [0.1, 0.15) is 5.78 Å². The average Bonchev–Trinajstić information content (AvgIpc) is 3.01. The number of carboxylic acids is 1. The Kier molecular flexibility index (Phi) is 5.39. The molecule has 5 heteroatoms. The van der Waals surface area contributed by atoms with Crippen LogP contribution >= 0.6 is 0 Å². The standard InChI is InChI=1S/C24H38O5/c1-13(4-7-21(28)29)16-5-6-17-22-18(12-20(27)24(16,17)3)23(2)9-8-15(25)10-14(23)11-19(22)26/h13-18,20,22,25,27H,4-12H2,1-3H3,(H,28,29)/t13-,14+,15-,16-,17+,18+,20-,22+,23+,24-/m1/s1. The maximum atomic E-state index is 13.4. The molecular weight excluding hydrogens is 368 g/mol. The maximum absolute atomic E-state index is 13.4. The van der Waals surface area contributed by atoms with Gasteiger partial charge in [-0.1, -0.05) is 20.8 Å². The Morgan fingerprint density at radius 3 is 2.55 bits per heavy atom. The molecule has 4 fully saturated rings. The van der Waals surface area contributed by atoms with Gasteiger partial charge < -0.3 is 15.3 Å². The van der Waals surface area contributed by atoms with Crippen LogP contribution in [0.5, 0.6) is 0 Å². The van der Waals surface area contributed by atoms with Gasteiger partial charge in [0.25, 0.3) is 0 Å². The van der Waals surface area contributed by atoms with Crippen molar-refractivity contribution < 1.29 is 24.9 Å². The topological polar surface area (TPSA) is 94.8 Å². The van der Waals surface area contributed by atoms with Gasteiger partial charge in [0.2, 0.25) is 0 Å². The molecule has 0 unspecified atom stereocenters. The van der Waals surface area contributed by atoms with Crippen molar-refractivity contribution in [2.45, 2.75) is 90.8 Å². The SMILES string of the molecule is C[C@H](CCC(=O)O)[C@H]1CC[C@H]2[C@@H]3C(=O)C[C@@H]4C[C@H](O)CC[C@]4(C)[C@H]3C[C@@H](O)[C@]12C. The lowest BCUT2D eigenvalue weighted by atomic mass is 9.43. The molecule has 0 aromatic rings. The Bertz CT molecular complexity index is 676. The second-order valence-electron chi connectivity index (χ2n) is 11.3. The van der Waals surface area contributed by atoms with E-state index in [4.69, 9.17) is 5.11 Å². The van der Waals surface area contributed by atoms with Crippen LogP contribution in [0.3, 0.4) is 0 Å². The van der Waals surface area contributed by atoms with Crippen molar-refractivity contribution in [1.82, 2.24) is 0 Å². The van der Waals surface area contributed by atoms with E-state index in [1.807, 2.05) is 0 Å². The molecule has 164 valence electrons. The molecule has 0 aliphatic heterocycles. The summed E-state index contributed by atoms with van der Waals surface area (Å²) in [6.45, 7) is 6.62. The van der Waals surface area contributed by atoms with Crippen LogP contribution in [-0.4, -0.2) is 39.3 Å². The van der Waals surface area contributed by atoms with E-state index in [1.165, 1.54) is 0 Å². The summed E-state index contributed by atoms with van der Waals surface area (Å²) in [5.41, 5.74) is -0.265. The monoisotopic (exact) mass is 406 g/mol. The van der Waals surface area contributed by atoms with E-state index in [9.17, 15) is 19.8 Å². The van der Waals surface area contributed by atoms with E-state index >= 15 is 0 Å². The van der Waals surface area contributed by atoms with Crippen molar-refractivity contribution in [1.29, 1.82) is 0 Å². The van der Waals surface area contributed by atoms with E-state index in [0.29, 0.717) is 25.0 Å². The van der Waals surface area contributed by atoms with Crippen LogP contribution in [-0.2, 0) is 9.59 Å². The van der Waals surface area contributed by atoms with E-state index in [1.54, 1.807) is 0 Å². The number of hydrogen-bond acceptors (Lipinski definition) is 4. The molecule has 0 heterocycles. The Morgan fingerprint density at radius 2 is 1.86 bits per heavy atom. The lowest BCUT2D eigenvalue weighted by Crippen LogP contribution is -2.61. The first-order valence-corrected chi connectivity index (χ1v) is 11.7. The molecule has 0 amide bonds. The van der Waals surface area contributed by atoms with E-state index in [0.717, 1.165) is 32.1 Å². The molecule has 4 aliphatic rings. The maximum Gasteiger partial charge on any atom is 0.303 e. The molecule has 0 bridgehead atoms. The molecule has 0 radical (unpaired) electrons. The molecule has 4 rings (SSSR count). The summed E-state index contributed by atoms with van der Waals surface area (Å²) in [5.74, 6) is 0.775. The minimum Gasteiger partial charge on any atom is -0.481 e. The summed E-state index contributed by atoms with van der Waals surface area (Å²) in [4.78, 5) is 24.4. The highest BCUT2D eigenvalue weighted by atomic mass is 16.4. The van der Waals surface area contributed by atoms with Crippen LogP contribution in [0.25, 0.3) is 0 Å². The first-order valence-electron chi connectivity index (χ1n) is 11.7. The molecular formula is C24H38O5. The number of fused-ring (bicyclic) bond motifs is 5. The molecule has 0 aromatic carbocycles. The number of carboxylic acid groups (broad SMARTS) is 1. The predicted octanol–water partition coefficient (Wildman–Crippen LogP) is 3.66. The Morgan fingerprint density at radius 1 is 1.14 bits per heavy atom. The summed E-state index contributed by atoms with van der Waals surface area (Å²) in [6.07, 6.45) is 5.74. The van der Waals surface area contributed by atoms with Gasteiger partial charge in [0, 0.05) is 24.2 Å². The van der Waals surface area contributed by atoms with Gasteiger partial charge in [0.15, 0.2) is 0 Å². The van der Waals surface area contributed by atoms with Gasteiger partial charge in [-0.2, -0.15) is 0 Å². The molecule has 4 aliphatic carbocycles. The van der Waals surface area contributed by atoms with Gasteiger partial charge in [-0.05, 0) is 80.0 Å². The number of carbonyl (C=O) groups excluding carboxylic acids is 1. The van der Waals surface area contributed by atoms with Crippen molar-refractivity contribution in [3.8, 4) is 0 Å². The minimum absolute atomic E-state index is 0.0246. The summed E-state index contributed by atoms with van der Waals surface area (Å²) in [5, 5.41) is 30.7. The van der Waals surface area contributed by atoms with Crippen molar-refractivity contribution in [2.75, 3.05) is 0 Å². The predicted molar refractivity (Wildman–Crippen MR) is 109 cm³/mol. The molecule has 4 saturated carbocycles. The fraction of sp³-hybridized carbons (Fsp3) is 0.917. The van der Waals surface area contributed by atoms with Crippen LogP contribution < -0.4 is 0 Å². The summed E-state index contributed by atoms with van der Waals surface area (Å²) in [7, 11) is 0. The zero-order chi connectivity index (χ0) is 21.1. The zero-order valence-corrected chi connectivity index (χ0v) is 18.1. The number of aliphatic hydroxyl groups is 2. The lowest BCUT2D eigenvalue weighted by Gasteiger charge is -2.61. The van der Waals surface area contributed by atoms with Gasteiger partial charge in [-0.25, -0.2) is 0 Å². The number of Topliss-reactive ketones (excluding diaryl/α,β-unsaturated/α-hetero) is 1. The summed E-state index contributed by atoms with van der Waals surface area (Å²) >= 11 is 0. The number of aliphatic hydroxyl groups excluding tert-OH is 2. The number of carbonyl (C=O) groups is 2. The van der Waals surface area contributed by atoms with Crippen molar-refractivity contribution >= 4 is 11.8 Å². The normalized spacial score (nSPS) is 50.4. The second kappa shape index (κ2) is 7.33. The van der Waals surface area contributed by atoms with E-state index in [2.05, 4.69) is 20.8 Å². The number of hydrogen-bond donors (Lipinski definition) is 3. The van der Waals surface area contributed by atoms with Crippen LogP contribution in [0.15, 0.2) is 0 Å². The fourth-order valence-corrected chi connectivity index (χ4v) is 8.40. The van der Waals surface area contributed by atoms with Gasteiger partial charge >= 0.3 is 5.97 Å². The molecule has 29 heavy (non-hydrogen) atoms.